The van der Waals surface area contributed by atoms with Crippen molar-refractivity contribution < 1.29 is 0 Å². The summed E-state index contributed by atoms with van der Waals surface area (Å²) in [5.74, 6) is 0.806. The zero-order valence-corrected chi connectivity index (χ0v) is 5.59. The first-order valence-electron chi connectivity index (χ1n) is 3.38. The number of hydrogen-bond donors (Lipinski definition) is 0. The first kappa shape index (κ1) is 5.80. The van der Waals surface area contributed by atoms with Crippen LogP contribution in [0.4, 0.5) is 0 Å². The second-order valence-electron chi connectivity index (χ2n) is 2.49. The lowest BCUT2D eigenvalue weighted by Gasteiger charge is -2.23. The molecule has 0 saturated heterocycles. The minimum absolute atomic E-state index is 0.620. The molecule has 2 atom stereocenters. The quantitative estimate of drug-likeness (QED) is 0.516. The molecule has 1 heterocycles. The zero-order valence-electron chi connectivity index (χ0n) is 5.59. The molecule has 0 radical (unpaired) electrons. The summed E-state index contributed by atoms with van der Waals surface area (Å²) >= 11 is 0. The van der Waals surface area contributed by atoms with Gasteiger partial charge >= 0.3 is 0 Å². The Morgan fingerprint density at radius 1 is 1.62 bits per heavy atom. The van der Waals surface area contributed by atoms with E-state index < -0.39 is 0 Å². The predicted octanol–water partition coefficient (Wildman–Crippen LogP) is 1.88. The van der Waals surface area contributed by atoms with Crippen molar-refractivity contribution in [2.45, 2.75) is 32.7 Å². The highest BCUT2D eigenvalue weighted by atomic mass is 14.8. The van der Waals surface area contributed by atoms with Crippen LogP contribution in [-0.2, 0) is 0 Å². The number of nitrogens with zero attached hydrogens (tertiary/aromatic N) is 1. The fourth-order valence-electron chi connectivity index (χ4n) is 1.03. The largest absolute Gasteiger partial charge is 0.293 e. The number of hydrogen-bond acceptors (Lipinski definition) is 1. The predicted molar refractivity (Wildman–Crippen MR) is 36.4 cm³/mol. The monoisotopic (exact) mass is 111 g/mol. The lowest BCUT2D eigenvalue weighted by Crippen LogP contribution is -2.25. The number of rotatable bonds is 2. The Balaban J connectivity index is 2.20. The molecule has 1 nitrogen and oxygen atoms in total. The van der Waals surface area contributed by atoms with Gasteiger partial charge in [0.25, 0.3) is 0 Å². The van der Waals surface area contributed by atoms with Gasteiger partial charge < -0.3 is 0 Å². The molecular weight excluding hydrogens is 98.1 g/mol. The average molecular weight is 111 g/mol. The average Bonchev–Trinajstić information content (AvgIpc) is 1.79. The molecule has 1 aliphatic rings. The molecular formula is C7H13N. The van der Waals surface area contributed by atoms with Crippen molar-refractivity contribution in [1.82, 2.24) is 0 Å². The van der Waals surface area contributed by atoms with Crippen LogP contribution in [0.25, 0.3) is 0 Å². The molecule has 0 aliphatic carbocycles. The second kappa shape index (κ2) is 2.29. The van der Waals surface area contributed by atoms with E-state index >= 15 is 0 Å². The second-order valence-corrected chi connectivity index (χ2v) is 2.49. The Morgan fingerprint density at radius 2 is 2.38 bits per heavy atom. The van der Waals surface area contributed by atoms with Crippen LogP contribution in [0.15, 0.2) is 4.99 Å². The van der Waals surface area contributed by atoms with E-state index in [0.29, 0.717) is 6.04 Å². The molecule has 2 unspecified atom stereocenters. The third kappa shape index (κ3) is 0.908. The lowest BCUT2D eigenvalue weighted by molar-refractivity contribution is 0.487. The van der Waals surface area contributed by atoms with E-state index in [2.05, 4.69) is 25.1 Å². The Hall–Kier alpha value is -0.330. The molecule has 0 saturated carbocycles. The van der Waals surface area contributed by atoms with E-state index in [9.17, 15) is 0 Å². The smallest absolute Gasteiger partial charge is 0.0545 e. The topological polar surface area (TPSA) is 12.4 Å². The van der Waals surface area contributed by atoms with Crippen LogP contribution in [0, 0.1) is 5.92 Å². The first-order chi connectivity index (χ1) is 3.84. The minimum Gasteiger partial charge on any atom is -0.293 e. The van der Waals surface area contributed by atoms with Gasteiger partial charge in [-0.2, -0.15) is 0 Å². The van der Waals surface area contributed by atoms with Gasteiger partial charge in [-0.25, -0.2) is 0 Å². The molecule has 46 valence electrons. The Morgan fingerprint density at radius 3 is 2.50 bits per heavy atom. The third-order valence-electron chi connectivity index (χ3n) is 1.75. The maximum Gasteiger partial charge on any atom is 0.0545 e. The normalized spacial score (nSPS) is 34.8. The van der Waals surface area contributed by atoms with Gasteiger partial charge in [0, 0.05) is 12.1 Å². The molecule has 1 aliphatic heterocycles. The molecule has 1 rings (SSSR count). The van der Waals surface area contributed by atoms with Gasteiger partial charge in [0.15, 0.2) is 0 Å². The first-order valence-corrected chi connectivity index (χ1v) is 3.38. The van der Waals surface area contributed by atoms with E-state index in [4.69, 9.17) is 0 Å². The van der Waals surface area contributed by atoms with Crippen LogP contribution in [0.1, 0.15) is 26.7 Å². The van der Waals surface area contributed by atoms with E-state index in [1.165, 1.54) is 12.8 Å². The van der Waals surface area contributed by atoms with Crippen molar-refractivity contribution in [3.05, 3.63) is 0 Å². The summed E-state index contributed by atoms with van der Waals surface area (Å²) < 4.78 is 0. The minimum atomic E-state index is 0.620. The van der Waals surface area contributed by atoms with Gasteiger partial charge in [-0.3, -0.25) is 4.99 Å². The van der Waals surface area contributed by atoms with Gasteiger partial charge in [-0.1, -0.05) is 13.3 Å². The van der Waals surface area contributed by atoms with Crippen molar-refractivity contribution >= 4 is 6.21 Å². The molecule has 0 aromatic heterocycles. The summed E-state index contributed by atoms with van der Waals surface area (Å²) in [6.07, 6.45) is 4.69. The van der Waals surface area contributed by atoms with Crippen molar-refractivity contribution in [3.63, 3.8) is 0 Å². The van der Waals surface area contributed by atoms with Crippen LogP contribution < -0.4 is 0 Å². The van der Waals surface area contributed by atoms with Crippen molar-refractivity contribution in [1.29, 1.82) is 0 Å². The fourth-order valence-corrected chi connectivity index (χ4v) is 1.03. The molecule has 0 spiro atoms. The summed E-state index contributed by atoms with van der Waals surface area (Å²) in [6.45, 7) is 4.40. The SMILES string of the molecule is CCCC1C=NC1C. The number of aliphatic imine (C=N–C) groups is 1. The van der Waals surface area contributed by atoms with Gasteiger partial charge in [0.2, 0.25) is 0 Å². The van der Waals surface area contributed by atoms with E-state index in [0.717, 1.165) is 5.92 Å². The molecule has 0 fully saturated rings. The lowest BCUT2D eigenvalue weighted by atomic mass is 9.93. The van der Waals surface area contributed by atoms with Crippen LogP contribution in [0.5, 0.6) is 0 Å². The summed E-state index contributed by atoms with van der Waals surface area (Å²) in [5.41, 5.74) is 0. The molecule has 0 bridgehead atoms. The third-order valence-corrected chi connectivity index (χ3v) is 1.75. The van der Waals surface area contributed by atoms with E-state index in [1.54, 1.807) is 0 Å². The Labute approximate surface area is 50.8 Å². The summed E-state index contributed by atoms with van der Waals surface area (Å²) in [7, 11) is 0. The van der Waals surface area contributed by atoms with Crippen molar-refractivity contribution in [2.75, 3.05) is 0 Å². The zero-order chi connectivity index (χ0) is 5.98. The van der Waals surface area contributed by atoms with E-state index in [-0.39, 0.29) is 0 Å². The highest BCUT2D eigenvalue weighted by Gasteiger charge is 2.19. The van der Waals surface area contributed by atoms with Gasteiger partial charge in [0.05, 0.1) is 6.04 Å². The molecule has 1 heteroatoms. The highest BCUT2D eigenvalue weighted by Crippen LogP contribution is 2.18. The van der Waals surface area contributed by atoms with Crippen LogP contribution in [0.2, 0.25) is 0 Å². The fraction of sp³-hybridized carbons (Fsp3) is 0.857. The van der Waals surface area contributed by atoms with Crippen LogP contribution >= 0.6 is 0 Å². The van der Waals surface area contributed by atoms with Gasteiger partial charge in [0.1, 0.15) is 0 Å². The van der Waals surface area contributed by atoms with Crippen molar-refractivity contribution in [3.8, 4) is 0 Å². The van der Waals surface area contributed by atoms with Crippen LogP contribution in [-0.4, -0.2) is 12.3 Å². The van der Waals surface area contributed by atoms with E-state index in [1.807, 2.05) is 0 Å². The summed E-state index contributed by atoms with van der Waals surface area (Å²) in [5, 5.41) is 0. The highest BCUT2D eigenvalue weighted by molar-refractivity contribution is 5.67. The molecule has 8 heavy (non-hydrogen) atoms. The summed E-state index contributed by atoms with van der Waals surface area (Å²) in [6, 6.07) is 0.620. The maximum absolute atomic E-state index is 4.14. The molecule has 0 N–H and O–H groups in total. The van der Waals surface area contributed by atoms with Gasteiger partial charge in [-0.05, 0) is 13.3 Å². The van der Waals surface area contributed by atoms with Gasteiger partial charge in [-0.15, -0.1) is 0 Å². The standard InChI is InChI=1S/C7H13N/c1-3-4-7-5-8-6(7)2/h5-7H,3-4H2,1-2H3. The summed E-state index contributed by atoms with van der Waals surface area (Å²) in [4.78, 5) is 4.14. The molecule has 0 aromatic carbocycles. The molecule has 0 amide bonds. The maximum atomic E-state index is 4.14. The van der Waals surface area contributed by atoms with Crippen LogP contribution in [0.3, 0.4) is 0 Å². The Bertz CT molecular complexity index is 96.6. The molecule has 0 aromatic rings. The van der Waals surface area contributed by atoms with Crippen molar-refractivity contribution in [2.24, 2.45) is 10.9 Å². The Kier molecular flexibility index (Phi) is 1.66.